The molecule has 1 aliphatic rings. The number of halogens is 1. The van der Waals surface area contributed by atoms with E-state index in [-0.39, 0.29) is 12.4 Å². The van der Waals surface area contributed by atoms with Crippen molar-refractivity contribution in [2.75, 3.05) is 13.2 Å². The van der Waals surface area contributed by atoms with Crippen molar-refractivity contribution in [2.24, 2.45) is 11.7 Å². The summed E-state index contributed by atoms with van der Waals surface area (Å²) in [6.07, 6.45) is 2.30. The average Bonchev–Trinajstić information content (AvgIpc) is 3.10. The zero-order valence-electron chi connectivity index (χ0n) is 9.03. The Kier molecular flexibility index (Phi) is 3.41. The van der Waals surface area contributed by atoms with E-state index in [1.165, 1.54) is 6.07 Å². The lowest BCUT2D eigenvalue weighted by Gasteiger charge is -2.15. The van der Waals surface area contributed by atoms with Crippen LogP contribution in [0.3, 0.4) is 0 Å². The molecule has 3 N–H and O–H groups in total. The number of hydrogen-bond donors (Lipinski definition) is 2. The Balaban J connectivity index is 2.17. The van der Waals surface area contributed by atoms with E-state index in [1.807, 2.05) is 0 Å². The fourth-order valence-electron chi connectivity index (χ4n) is 1.55. The maximum absolute atomic E-state index is 13.6. The van der Waals surface area contributed by atoms with Crippen LogP contribution in [-0.2, 0) is 0 Å². The van der Waals surface area contributed by atoms with E-state index in [0.717, 1.165) is 12.8 Å². The average molecular weight is 225 g/mol. The van der Waals surface area contributed by atoms with Crippen molar-refractivity contribution in [3.05, 3.63) is 29.6 Å². The van der Waals surface area contributed by atoms with Crippen molar-refractivity contribution in [2.45, 2.75) is 18.9 Å². The van der Waals surface area contributed by atoms with Crippen LogP contribution in [0.25, 0.3) is 0 Å². The summed E-state index contributed by atoms with van der Waals surface area (Å²) in [5.74, 6) is 0.329. The minimum Gasteiger partial charge on any atom is -0.490 e. The molecule has 3 nitrogen and oxygen atoms in total. The van der Waals surface area contributed by atoms with Gasteiger partial charge in [-0.2, -0.15) is 0 Å². The molecule has 1 aromatic rings. The standard InChI is InChI=1S/C12H16FNO2/c13-10-3-1-2-9(11(14)6-15)12(10)16-7-8-4-5-8/h1-3,8,11,15H,4-7,14H2. The van der Waals surface area contributed by atoms with Gasteiger partial charge in [0.05, 0.1) is 19.3 Å². The lowest BCUT2D eigenvalue weighted by molar-refractivity contribution is 0.252. The highest BCUT2D eigenvalue weighted by molar-refractivity contribution is 5.37. The molecule has 88 valence electrons. The Morgan fingerprint density at radius 3 is 2.88 bits per heavy atom. The molecule has 16 heavy (non-hydrogen) atoms. The first-order chi connectivity index (χ1) is 7.72. The lowest BCUT2D eigenvalue weighted by atomic mass is 10.1. The number of benzene rings is 1. The molecule has 0 aromatic heterocycles. The summed E-state index contributed by atoms with van der Waals surface area (Å²) in [6.45, 7) is 0.315. The van der Waals surface area contributed by atoms with Crippen molar-refractivity contribution in [1.29, 1.82) is 0 Å². The molecule has 0 amide bonds. The third-order valence-corrected chi connectivity index (χ3v) is 2.75. The first-order valence-corrected chi connectivity index (χ1v) is 5.50. The summed E-state index contributed by atoms with van der Waals surface area (Å²) in [6, 6.07) is 4.01. The van der Waals surface area contributed by atoms with Crippen molar-refractivity contribution >= 4 is 0 Å². The number of nitrogens with two attached hydrogens (primary N) is 1. The largest absolute Gasteiger partial charge is 0.490 e. The highest BCUT2D eigenvalue weighted by Crippen LogP contribution is 2.32. The highest BCUT2D eigenvalue weighted by Gasteiger charge is 2.24. The molecule has 2 rings (SSSR count). The smallest absolute Gasteiger partial charge is 0.165 e. The minimum absolute atomic E-state index is 0.191. The summed E-state index contributed by atoms with van der Waals surface area (Å²) < 4.78 is 19.0. The van der Waals surface area contributed by atoms with Gasteiger partial charge in [0, 0.05) is 5.56 Å². The number of ether oxygens (including phenoxy) is 1. The molecule has 1 atom stereocenters. The second kappa shape index (κ2) is 4.80. The fraction of sp³-hybridized carbons (Fsp3) is 0.500. The zero-order chi connectivity index (χ0) is 11.5. The fourth-order valence-corrected chi connectivity index (χ4v) is 1.55. The molecule has 4 heteroatoms. The van der Waals surface area contributed by atoms with Gasteiger partial charge in [0.25, 0.3) is 0 Å². The summed E-state index contributed by atoms with van der Waals surface area (Å²) in [7, 11) is 0. The van der Waals surface area contributed by atoms with Crippen LogP contribution in [0.5, 0.6) is 5.75 Å². The molecule has 1 aliphatic carbocycles. The molecule has 1 fully saturated rings. The molecule has 0 bridgehead atoms. The van der Waals surface area contributed by atoms with Crippen molar-refractivity contribution in [1.82, 2.24) is 0 Å². The van der Waals surface area contributed by atoms with Gasteiger partial charge in [-0.1, -0.05) is 12.1 Å². The van der Waals surface area contributed by atoms with Gasteiger partial charge < -0.3 is 15.6 Å². The normalized spacial score (nSPS) is 17.2. The molecule has 0 aliphatic heterocycles. The van der Waals surface area contributed by atoms with Crippen molar-refractivity contribution in [3.8, 4) is 5.75 Å². The van der Waals surface area contributed by atoms with Crippen LogP contribution >= 0.6 is 0 Å². The van der Waals surface area contributed by atoms with Crippen LogP contribution in [0.1, 0.15) is 24.4 Å². The Morgan fingerprint density at radius 1 is 1.50 bits per heavy atom. The van der Waals surface area contributed by atoms with Crippen LogP contribution in [-0.4, -0.2) is 18.3 Å². The van der Waals surface area contributed by atoms with Crippen LogP contribution in [0, 0.1) is 11.7 Å². The number of hydrogen-bond acceptors (Lipinski definition) is 3. The van der Waals surface area contributed by atoms with Gasteiger partial charge in [-0.15, -0.1) is 0 Å². The number of aliphatic hydroxyl groups excluding tert-OH is 1. The molecular formula is C12H16FNO2. The van der Waals surface area contributed by atoms with E-state index in [1.54, 1.807) is 12.1 Å². The lowest BCUT2D eigenvalue weighted by Crippen LogP contribution is -2.17. The second-order valence-corrected chi connectivity index (χ2v) is 4.20. The van der Waals surface area contributed by atoms with Crippen LogP contribution < -0.4 is 10.5 Å². The molecular weight excluding hydrogens is 209 g/mol. The first kappa shape index (κ1) is 11.4. The van der Waals surface area contributed by atoms with Crippen molar-refractivity contribution in [3.63, 3.8) is 0 Å². The monoisotopic (exact) mass is 225 g/mol. The summed E-state index contributed by atoms with van der Waals surface area (Å²) in [5.41, 5.74) is 6.22. The Hall–Kier alpha value is -1.13. The van der Waals surface area contributed by atoms with Gasteiger partial charge >= 0.3 is 0 Å². The van der Waals surface area contributed by atoms with E-state index < -0.39 is 11.9 Å². The first-order valence-electron chi connectivity index (χ1n) is 5.50. The Bertz CT molecular complexity index is 366. The number of aliphatic hydroxyl groups is 1. The highest BCUT2D eigenvalue weighted by atomic mass is 19.1. The predicted octanol–water partition coefficient (Wildman–Crippen LogP) is 1.61. The zero-order valence-corrected chi connectivity index (χ0v) is 9.03. The van der Waals surface area contributed by atoms with Gasteiger partial charge in [-0.3, -0.25) is 0 Å². The molecule has 1 aromatic carbocycles. The van der Waals surface area contributed by atoms with Gasteiger partial charge in [0.2, 0.25) is 0 Å². The van der Waals surface area contributed by atoms with E-state index in [2.05, 4.69) is 0 Å². The van der Waals surface area contributed by atoms with Crippen molar-refractivity contribution < 1.29 is 14.2 Å². The molecule has 0 radical (unpaired) electrons. The number of para-hydroxylation sites is 1. The number of rotatable bonds is 5. The van der Waals surface area contributed by atoms with Crippen LogP contribution in [0.15, 0.2) is 18.2 Å². The maximum Gasteiger partial charge on any atom is 0.165 e. The molecule has 1 saturated carbocycles. The third kappa shape index (κ3) is 2.51. The topological polar surface area (TPSA) is 55.5 Å². The van der Waals surface area contributed by atoms with Gasteiger partial charge in [0.15, 0.2) is 11.6 Å². The van der Waals surface area contributed by atoms with Gasteiger partial charge in [-0.05, 0) is 24.8 Å². The SMILES string of the molecule is NC(CO)c1cccc(F)c1OCC1CC1. The van der Waals surface area contributed by atoms with E-state index in [0.29, 0.717) is 18.1 Å². The Labute approximate surface area is 94.0 Å². The summed E-state index contributed by atoms with van der Waals surface area (Å²) in [5, 5.41) is 8.99. The maximum atomic E-state index is 13.6. The van der Waals surface area contributed by atoms with Crippen LogP contribution in [0.4, 0.5) is 4.39 Å². The molecule has 0 saturated heterocycles. The second-order valence-electron chi connectivity index (χ2n) is 4.20. The third-order valence-electron chi connectivity index (χ3n) is 2.75. The molecule has 0 spiro atoms. The summed E-state index contributed by atoms with van der Waals surface area (Å²) in [4.78, 5) is 0. The van der Waals surface area contributed by atoms with E-state index in [9.17, 15) is 4.39 Å². The molecule has 1 unspecified atom stereocenters. The predicted molar refractivity (Wildman–Crippen MR) is 58.6 cm³/mol. The van der Waals surface area contributed by atoms with Gasteiger partial charge in [-0.25, -0.2) is 4.39 Å². The van der Waals surface area contributed by atoms with Crippen LogP contribution in [0.2, 0.25) is 0 Å². The quantitative estimate of drug-likeness (QED) is 0.800. The molecule has 0 heterocycles. The summed E-state index contributed by atoms with van der Waals surface area (Å²) >= 11 is 0. The van der Waals surface area contributed by atoms with E-state index in [4.69, 9.17) is 15.6 Å². The van der Waals surface area contributed by atoms with Gasteiger partial charge in [0.1, 0.15) is 0 Å². The van der Waals surface area contributed by atoms with E-state index >= 15 is 0 Å². The minimum atomic E-state index is -0.593. The Morgan fingerprint density at radius 2 is 2.25 bits per heavy atom.